The molecule has 28 heavy (non-hydrogen) atoms. The minimum Gasteiger partial charge on any atom is -0.744 e. The summed E-state index contributed by atoms with van der Waals surface area (Å²) in [6.45, 7) is 7.55. The Balaban J connectivity index is 0.00000364. The average Bonchev–Trinajstić information content (AvgIpc) is 2.45. The van der Waals surface area contributed by atoms with Crippen molar-refractivity contribution in [2.24, 2.45) is 11.8 Å². The van der Waals surface area contributed by atoms with Crippen molar-refractivity contribution in [3.8, 4) is 0 Å². The van der Waals surface area contributed by atoms with Crippen LogP contribution in [-0.2, 0) is 33.1 Å². The van der Waals surface area contributed by atoms with Gasteiger partial charge in [0.05, 0.1) is 9.79 Å². The second-order valence-electron chi connectivity index (χ2n) is 7.27. The Morgan fingerprint density at radius 2 is 1.11 bits per heavy atom. The molecular weight excluding hydrogens is 422 g/mol. The fraction of sp³-hybridized carbons (Fsp3) is 0.444. The standard InChI is InChI=1S/C18H24O6S2.2Na/c1-11(2)9-15-13-7-5-6-8-14(13)17(25(19,20)21)18(26(22,23)24)16(15)10-12(3)4;;/h5-8,11-12H,9-10H2,1-4H3,(H,19,20,21)(H,22,23,24);;/q;2*+1/p-2. The predicted octanol–water partition coefficient (Wildman–Crippen LogP) is -2.95. The van der Waals surface area contributed by atoms with Gasteiger partial charge in [-0.05, 0) is 41.2 Å². The van der Waals surface area contributed by atoms with Gasteiger partial charge in [0.1, 0.15) is 20.2 Å². The molecule has 2 rings (SSSR count). The molecule has 0 aliphatic heterocycles. The Morgan fingerprint density at radius 3 is 1.50 bits per heavy atom. The van der Waals surface area contributed by atoms with Crippen LogP contribution in [0.15, 0.2) is 34.1 Å². The molecule has 0 saturated heterocycles. The second kappa shape index (κ2) is 10.7. The van der Waals surface area contributed by atoms with Crippen LogP contribution in [0.1, 0.15) is 38.8 Å². The summed E-state index contributed by atoms with van der Waals surface area (Å²) in [6.07, 6.45) is 0.649. The maximum Gasteiger partial charge on any atom is 1.00 e. The topological polar surface area (TPSA) is 114 Å². The molecule has 10 heteroatoms. The molecule has 2 aromatic rings. The van der Waals surface area contributed by atoms with Crippen LogP contribution in [0, 0.1) is 11.8 Å². The van der Waals surface area contributed by atoms with Crippen LogP contribution in [0.3, 0.4) is 0 Å². The summed E-state index contributed by atoms with van der Waals surface area (Å²) >= 11 is 0. The molecular formula is C18H22Na2O6S2. The Labute approximate surface area is 211 Å². The molecule has 0 aliphatic carbocycles. The zero-order chi connectivity index (χ0) is 19.9. The molecule has 6 nitrogen and oxygen atoms in total. The van der Waals surface area contributed by atoms with Crippen LogP contribution in [0.5, 0.6) is 0 Å². The maximum absolute atomic E-state index is 12.0. The van der Waals surface area contributed by atoms with Crippen molar-refractivity contribution >= 4 is 31.0 Å². The van der Waals surface area contributed by atoms with Crippen LogP contribution in [0.4, 0.5) is 0 Å². The van der Waals surface area contributed by atoms with Gasteiger partial charge >= 0.3 is 59.1 Å². The molecule has 0 fully saturated rings. The zero-order valence-corrected chi connectivity index (χ0v) is 22.8. The van der Waals surface area contributed by atoms with Gasteiger partial charge in [0, 0.05) is 5.39 Å². The van der Waals surface area contributed by atoms with E-state index in [1.54, 1.807) is 12.1 Å². The fourth-order valence-electron chi connectivity index (χ4n) is 3.28. The minimum absolute atomic E-state index is 0. The third kappa shape index (κ3) is 6.51. The Bertz CT molecular complexity index is 1050. The summed E-state index contributed by atoms with van der Waals surface area (Å²) < 4.78 is 71.9. The minimum atomic E-state index is -5.18. The van der Waals surface area contributed by atoms with E-state index in [9.17, 15) is 25.9 Å². The van der Waals surface area contributed by atoms with Gasteiger partial charge in [-0.2, -0.15) is 0 Å². The van der Waals surface area contributed by atoms with Crippen molar-refractivity contribution in [3.63, 3.8) is 0 Å². The van der Waals surface area contributed by atoms with Gasteiger partial charge in [-0.15, -0.1) is 0 Å². The molecule has 0 aromatic heterocycles. The second-order valence-corrected chi connectivity index (χ2v) is 9.90. The number of hydrogen-bond acceptors (Lipinski definition) is 6. The molecule has 0 spiro atoms. The molecule has 0 N–H and O–H groups in total. The largest absolute Gasteiger partial charge is 1.00 e. The van der Waals surface area contributed by atoms with Gasteiger partial charge < -0.3 is 9.11 Å². The van der Waals surface area contributed by atoms with E-state index in [1.807, 2.05) is 27.7 Å². The van der Waals surface area contributed by atoms with E-state index in [4.69, 9.17) is 0 Å². The van der Waals surface area contributed by atoms with Gasteiger partial charge in [0.15, 0.2) is 0 Å². The monoisotopic (exact) mass is 444 g/mol. The van der Waals surface area contributed by atoms with Crippen LogP contribution < -0.4 is 59.1 Å². The first-order valence-electron chi connectivity index (χ1n) is 8.32. The van der Waals surface area contributed by atoms with Crippen LogP contribution in [0.25, 0.3) is 10.8 Å². The molecule has 0 heterocycles. The van der Waals surface area contributed by atoms with Gasteiger partial charge in [0.25, 0.3) is 0 Å². The smallest absolute Gasteiger partial charge is 0.744 e. The molecule has 0 radical (unpaired) electrons. The SMILES string of the molecule is CC(C)Cc1c(S(=O)(=O)[O-])c(S(=O)(=O)[O-])c2ccccc2c1CC(C)C.[Na+].[Na+]. The molecule has 0 atom stereocenters. The van der Waals surface area contributed by atoms with E-state index < -0.39 is 30.0 Å². The van der Waals surface area contributed by atoms with Crippen molar-refractivity contribution < 1.29 is 85.1 Å². The zero-order valence-electron chi connectivity index (χ0n) is 17.1. The predicted molar refractivity (Wildman–Crippen MR) is 97.0 cm³/mol. The number of rotatable bonds is 6. The van der Waals surface area contributed by atoms with Crippen molar-refractivity contribution in [3.05, 3.63) is 35.4 Å². The molecule has 2 aromatic carbocycles. The van der Waals surface area contributed by atoms with Gasteiger partial charge in [-0.25, -0.2) is 16.8 Å². The normalized spacial score (nSPS) is 12.1. The summed E-state index contributed by atoms with van der Waals surface area (Å²) in [5.74, 6) is 0.103. The number of benzene rings is 2. The first-order valence-corrected chi connectivity index (χ1v) is 11.1. The van der Waals surface area contributed by atoms with E-state index >= 15 is 0 Å². The van der Waals surface area contributed by atoms with E-state index in [0.717, 1.165) is 0 Å². The Kier molecular flexibility index (Phi) is 10.9. The van der Waals surface area contributed by atoms with E-state index in [2.05, 4.69) is 0 Å². The summed E-state index contributed by atoms with van der Waals surface area (Å²) in [5, 5.41) is 0.485. The Hall–Kier alpha value is 0.520. The first kappa shape index (κ1) is 28.5. The summed E-state index contributed by atoms with van der Waals surface area (Å²) in [5.41, 5.74) is 0.767. The maximum atomic E-state index is 12.0. The molecule has 0 amide bonds. The van der Waals surface area contributed by atoms with Crippen molar-refractivity contribution in [2.45, 2.75) is 50.3 Å². The molecule has 0 aliphatic rings. The van der Waals surface area contributed by atoms with E-state index in [0.29, 0.717) is 17.4 Å². The van der Waals surface area contributed by atoms with Gasteiger partial charge in [0.2, 0.25) is 0 Å². The molecule has 0 saturated carbocycles. The summed E-state index contributed by atoms with van der Waals surface area (Å²) in [6, 6.07) is 6.24. The average molecular weight is 444 g/mol. The molecule has 144 valence electrons. The van der Waals surface area contributed by atoms with Gasteiger partial charge in [-0.3, -0.25) is 0 Å². The van der Waals surface area contributed by atoms with E-state index in [-0.39, 0.29) is 88.3 Å². The van der Waals surface area contributed by atoms with Crippen molar-refractivity contribution in [2.75, 3.05) is 0 Å². The Morgan fingerprint density at radius 1 is 0.714 bits per heavy atom. The van der Waals surface area contributed by atoms with Crippen molar-refractivity contribution in [1.29, 1.82) is 0 Å². The number of fused-ring (bicyclic) bond motifs is 1. The van der Waals surface area contributed by atoms with Crippen molar-refractivity contribution in [1.82, 2.24) is 0 Å². The first-order chi connectivity index (χ1) is 11.8. The third-order valence-corrected chi connectivity index (χ3v) is 6.07. The summed E-state index contributed by atoms with van der Waals surface area (Å²) in [7, 11) is -10.3. The van der Waals surface area contributed by atoms with E-state index in [1.165, 1.54) is 12.1 Å². The molecule has 0 bridgehead atoms. The van der Waals surface area contributed by atoms with Crippen LogP contribution in [0.2, 0.25) is 0 Å². The number of hydrogen-bond donors (Lipinski definition) is 0. The molecule has 0 unspecified atom stereocenters. The summed E-state index contributed by atoms with van der Waals surface area (Å²) in [4.78, 5) is -1.80. The quantitative estimate of drug-likeness (QED) is 0.348. The third-order valence-electron chi connectivity index (χ3n) is 4.07. The van der Waals surface area contributed by atoms with Crippen LogP contribution >= 0.6 is 0 Å². The van der Waals surface area contributed by atoms with Gasteiger partial charge in [-0.1, -0.05) is 52.0 Å². The van der Waals surface area contributed by atoms with Crippen LogP contribution in [-0.4, -0.2) is 25.9 Å². The fourth-order valence-corrected chi connectivity index (χ4v) is 5.54.